The van der Waals surface area contributed by atoms with Gasteiger partial charge in [0.1, 0.15) is 5.82 Å². The molecule has 2 fully saturated rings. The van der Waals surface area contributed by atoms with Gasteiger partial charge in [0.25, 0.3) is 0 Å². The van der Waals surface area contributed by atoms with Crippen molar-refractivity contribution >= 4 is 11.7 Å². The van der Waals surface area contributed by atoms with Crippen molar-refractivity contribution in [3.8, 4) is 0 Å². The summed E-state index contributed by atoms with van der Waals surface area (Å²) in [6.45, 7) is 6.40. The summed E-state index contributed by atoms with van der Waals surface area (Å²) in [7, 11) is 0. The molecule has 1 aromatic rings. The molecule has 5 heteroatoms. The van der Waals surface area contributed by atoms with Crippen LogP contribution in [0.2, 0.25) is 0 Å². The molecule has 0 aromatic carbocycles. The SMILES string of the molecule is Cc1ccc(N2CC(C(=O)N3CCOCC3)C2)nc1. The number of hydrogen-bond donors (Lipinski definition) is 0. The first kappa shape index (κ1) is 12.4. The Hall–Kier alpha value is -1.62. The Kier molecular flexibility index (Phi) is 3.38. The number of anilines is 1. The molecule has 2 saturated heterocycles. The second kappa shape index (κ2) is 5.17. The molecule has 3 heterocycles. The topological polar surface area (TPSA) is 45.7 Å². The van der Waals surface area contributed by atoms with Crippen LogP contribution in [0.25, 0.3) is 0 Å². The minimum absolute atomic E-state index is 0.126. The number of morpholine rings is 1. The fourth-order valence-corrected chi connectivity index (χ4v) is 2.51. The molecule has 102 valence electrons. The number of rotatable bonds is 2. The third kappa shape index (κ3) is 2.56. The molecule has 0 aliphatic carbocycles. The summed E-state index contributed by atoms with van der Waals surface area (Å²) in [6.07, 6.45) is 1.87. The molecule has 19 heavy (non-hydrogen) atoms. The van der Waals surface area contributed by atoms with Crippen molar-refractivity contribution in [2.24, 2.45) is 5.92 Å². The first-order valence-electron chi connectivity index (χ1n) is 6.78. The summed E-state index contributed by atoms with van der Waals surface area (Å²) in [5.41, 5.74) is 1.16. The molecule has 0 unspecified atom stereocenters. The number of amides is 1. The summed E-state index contributed by atoms with van der Waals surface area (Å²) >= 11 is 0. The highest BCUT2D eigenvalue weighted by atomic mass is 16.5. The van der Waals surface area contributed by atoms with Crippen molar-refractivity contribution in [3.05, 3.63) is 23.9 Å². The van der Waals surface area contributed by atoms with E-state index < -0.39 is 0 Å². The van der Waals surface area contributed by atoms with E-state index in [2.05, 4.69) is 16.0 Å². The predicted octanol–water partition coefficient (Wildman–Crippen LogP) is 0.685. The molecule has 2 aliphatic rings. The lowest BCUT2D eigenvalue weighted by Crippen LogP contribution is -2.56. The normalized spacial score (nSPS) is 20.3. The van der Waals surface area contributed by atoms with Gasteiger partial charge in [-0.2, -0.15) is 0 Å². The fraction of sp³-hybridized carbons (Fsp3) is 0.571. The van der Waals surface area contributed by atoms with Gasteiger partial charge in [0.2, 0.25) is 5.91 Å². The zero-order valence-electron chi connectivity index (χ0n) is 11.2. The van der Waals surface area contributed by atoms with Gasteiger partial charge in [0.15, 0.2) is 0 Å². The lowest BCUT2D eigenvalue weighted by molar-refractivity contribution is -0.140. The van der Waals surface area contributed by atoms with Gasteiger partial charge in [-0.25, -0.2) is 4.98 Å². The molecule has 0 N–H and O–H groups in total. The van der Waals surface area contributed by atoms with Crippen LogP contribution in [0.15, 0.2) is 18.3 Å². The summed E-state index contributed by atoms with van der Waals surface area (Å²) in [5, 5.41) is 0. The van der Waals surface area contributed by atoms with E-state index in [1.54, 1.807) is 0 Å². The molecule has 1 aromatic heterocycles. The number of pyridine rings is 1. The first-order chi connectivity index (χ1) is 9.24. The third-order valence-corrected chi connectivity index (χ3v) is 3.77. The zero-order chi connectivity index (χ0) is 13.2. The van der Waals surface area contributed by atoms with Gasteiger partial charge in [-0.1, -0.05) is 6.07 Å². The molecule has 0 radical (unpaired) electrons. The molecule has 1 amide bonds. The molecular weight excluding hydrogens is 242 g/mol. The maximum absolute atomic E-state index is 12.2. The average molecular weight is 261 g/mol. The minimum atomic E-state index is 0.126. The number of carbonyl (C=O) groups is 1. The molecule has 2 aliphatic heterocycles. The van der Waals surface area contributed by atoms with Crippen LogP contribution >= 0.6 is 0 Å². The van der Waals surface area contributed by atoms with Gasteiger partial charge < -0.3 is 14.5 Å². The summed E-state index contributed by atoms with van der Waals surface area (Å²) in [4.78, 5) is 20.7. The van der Waals surface area contributed by atoms with Crippen molar-refractivity contribution in [2.75, 3.05) is 44.3 Å². The second-order valence-corrected chi connectivity index (χ2v) is 5.23. The van der Waals surface area contributed by atoms with Gasteiger partial charge in [-0.3, -0.25) is 4.79 Å². The van der Waals surface area contributed by atoms with Crippen LogP contribution in [0.4, 0.5) is 5.82 Å². The van der Waals surface area contributed by atoms with Crippen molar-refractivity contribution in [1.82, 2.24) is 9.88 Å². The Morgan fingerprint density at radius 3 is 2.68 bits per heavy atom. The van der Waals surface area contributed by atoms with E-state index in [1.165, 1.54) is 0 Å². The molecule has 3 rings (SSSR count). The zero-order valence-corrected chi connectivity index (χ0v) is 11.2. The molecule has 0 saturated carbocycles. The Morgan fingerprint density at radius 1 is 1.32 bits per heavy atom. The Balaban J connectivity index is 1.54. The van der Waals surface area contributed by atoms with Crippen molar-refractivity contribution in [2.45, 2.75) is 6.92 Å². The lowest BCUT2D eigenvalue weighted by Gasteiger charge is -2.42. The van der Waals surface area contributed by atoms with Crippen LogP contribution in [0.5, 0.6) is 0 Å². The van der Waals surface area contributed by atoms with Gasteiger partial charge in [-0.05, 0) is 18.6 Å². The van der Waals surface area contributed by atoms with Gasteiger partial charge in [0, 0.05) is 32.4 Å². The maximum atomic E-state index is 12.2. The van der Waals surface area contributed by atoms with E-state index in [1.807, 2.05) is 24.1 Å². The Bertz CT molecular complexity index is 448. The van der Waals surface area contributed by atoms with Crippen molar-refractivity contribution in [3.63, 3.8) is 0 Å². The fourth-order valence-electron chi connectivity index (χ4n) is 2.51. The maximum Gasteiger partial charge on any atom is 0.229 e. The first-order valence-corrected chi connectivity index (χ1v) is 6.78. The molecule has 0 atom stereocenters. The second-order valence-electron chi connectivity index (χ2n) is 5.23. The number of nitrogens with zero attached hydrogens (tertiary/aromatic N) is 3. The van der Waals surface area contributed by atoms with Crippen LogP contribution in [0.3, 0.4) is 0 Å². The summed E-state index contributed by atoms with van der Waals surface area (Å²) in [6, 6.07) is 4.07. The number of carbonyl (C=O) groups excluding carboxylic acids is 1. The van der Waals surface area contributed by atoms with Crippen LogP contribution in [0, 0.1) is 12.8 Å². The summed E-state index contributed by atoms with van der Waals surface area (Å²) < 4.78 is 5.27. The van der Waals surface area contributed by atoms with E-state index in [0.29, 0.717) is 13.2 Å². The highest BCUT2D eigenvalue weighted by molar-refractivity contribution is 5.82. The minimum Gasteiger partial charge on any atom is -0.378 e. The molecule has 5 nitrogen and oxygen atoms in total. The quantitative estimate of drug-likeness (QED) is 0.785. The van der Waals surface area contributed by atoms with E-state index >= 15 is 0 Å². The Morgan fingerprint density at radius 2 is 2.05 bits per heavy atom. The number of hydrogen-bond acceptors (Lipinski definition) is 4. The monoisotopic (exact) mass is 261 g/mol. The predicted molar refractivity (Wildman–Crippen MR) is 72.1 cm³/mol. The van der Waals surface area contributed by atoms with Crippen molar-refractivity contribution in [1.29, 1.82) is 0 Å². The Labute approximate surface area is 113 Å². The highest BCUT2D eigenvalue weighted by Gasteiger charge is 2.36. The molecular formula is C14H19N3O2. The van der Waals surface area contributed by atoms with E-state index in [-0.39, 0.29) is 11.8 Å². The number of ether oxygens (including phenoxy) is 1. The van der Waals surface area contributed by atoms with E-state index in [0.717, 1.165) is 37.6 Å². The lowest BCUT2D eigenvalue weighted by atomic mass is 9.98. The van der Waals surface area contributed by atoms with Crippen LogP contribution < -0.4 is 4.90 Å². The average Bonchev–Trinajstić information content (AvgIpc) is 2.40. The highest BCUT2D eigenvalue weighted by Crippen LogP contribution is 2.24. The third-order valence-electron chi connectivity index (χ3n) is 3.77. The van der Waals surface area contributed by atoms with Crippen molar-refractivity contribution < 1.29 is 9.53 Å². The van der Waals surface area contributed by atoms with E-state index in [4.69, 9.17) is 4.74 Å². The van der Waals surface area contributed by atoms with Crippen LogP contribution in [-0.2, 0) is 9.53 Å². The van der Waals surface area contributed by atoms with Crippen LogP contribution in [0.1, 0.15) is 5.56 Å². The largest absolute Gasteiger partial charge is 0.378 e. The van der Waals surface area contributed by atoms with Gasteiger partial charge in [-0.15, -0.1) is 0 Å². The van der Waals surface area contributed by atoms with Gasteiger partial charge in [0.05, 0.1) is 19.1 Å². The smallest absolute Gasteiger partial charge is 0.229 e. The number of aromatic nitrogens is 1. The summed E-state index contributed by atoms with van der Waals surface area (Å²) in [5.74, 6) is 1.37. The number of aryl methyl sites for hydroxylation is 1. The van der Waals surface area contributed by atoms with Crippen LogP contribution in [-0.4, -0.2) is 55.2 Å². The standard InChI is InChI=1S/C14H19N3O2/c1-11-2-3-13(15-8-11)17-9-12(10-17)14(18)16-4-6-19-7-5-16/h2-3,8,12H,4-7,9-10H2,1H3. The van der Waals surface area contributed by atoms with E-state index in [9.17, 15) is 4.79 Å². The molecule has 0 bridgehead atoms. The van der Waals surface area contributed by atoms with Gasteiger partial charge >= 0.3 is 0 Å². The molecule has 0 spiro atoms.